The quantitative estimate of drug-likeness (QED) is 0.179. The van der Waals surface area contributed by atoms with E-state index >= 15 is 0 Å². The van der Waals surface area contributed by atoms with E-state index in [0.29, 0.717) is 5.02 Å². The van der Waals surface area contributed by atoms with Crippen LogP contribution < -0.4 is 9.80 Å². The minimum absolute atomic E-state index is 0.0156. The number of hydrogen-bond acceptors (Lipinski definition) is 4. The highest BCUT2D eigenvalue weighted by Gasteiger charge is 2.32. The van der Waals surface area contributed by atoms with Crippen LogP contribution in [0, 0.1) is 6.92 Å². The summed E-state index contributed by atoms with van der Waals surface area (Å²) in [7, 11) is 0. The highest BCUT2D eigenvalue weighted by atomic mass is 35.5. The van der Waals surface area contributed by atoms with Crippen LogP contribution >= 0.6 is 22.9 Å². The first-order chi connectivity index (χ1) is 26.8. The van der Waals surface area contributed by atoms with Gasteiger partial charge in [-0.05, 0) is 90.2 Å². The average molecular weight is 750 g/mol. The highest BCUT2D eigenvalue weighted by molar-refractivity contribution is 7.17. The third-order valence-electron chi connectivity index (χ3n) is 11.2. The number of anilines is 6. The molecule has 1 aliphatic heterocycles. The average Bonchev–Trinajstić information content (AvgIpc) is 3.89. The van der Waals surface area contributed by atoms with Gasteiger partial charge in [-0.3, -0.25) is 0 Å². The first-order valence-corrected chi connectivity index (χ1v) is 20.0. The van der Waals surface area contributed by atoms with Gasteiger partial charge in [0.1, 0.15) is 11.2 Å². The Kier molecular flexibility index (Phi) is 6.92. The van der Waals surface area contributed by atoms with E-state index in [0.717, 1.165) is 67.3 Å². The molecular formula is C49H36ClN3OS. The van der Waals surface area contributed by atoms with Crippen molar-refractivity contribution < 1.29 is 4.42 Å². The molecule has 266 valence electrons. The van der Waals surface area contributed by atoms with E-state index in [-0.39, 0.29) is 5.41 Å². The van der Waals surface area contributed by atoms with Crippen LogP contribution in [0.3, 0.4) is 0 Å². The van der Waals surface area contributed by atoms with Gasteiger partial charge in [-0.15, -0.1) is 11.3 Å². The Labute approximate surface area is 328 Å². The lowest BCUT2D eigenvalue weighted by Crippen LogP contribution is -2.19. The van der Waals surface area contributed by atoms with E-state index < -0.39 is 0 Å². The Bertz CT molecular complexity index is 3200. The fourth-order valence-electron chi connectivity index (χ4n) is 8.71. The molecule has 0 saturated carbocycles. The van der Waals surface area contributed by atoms with E-state index in [2.05, 4.69) is 175 Å². The van der Waals surface area contributed by atoms with Gasteiger partial charge in [0.05, 0.1) is 61.3 Å². The number of rotatable bonds is 4. The van der Waals surface area contributed by atoms with Crippen LogP contribution in [-0.2, 0) is 5.41 Å². The molecule has 0 spiro atoms. The molecule has 0 bridgehead atoms. The third kappa shape index (κ3) is 4.70. The van der Waals surface area contributed by atoms with Crippen molar-refractivity contribution in [3.63, 3.8) is 0 Å². The Balaban J connectivity index is 1.23. The van der Waals surface area contributed by atoms with Gasteiger partial charge in [-0.25, -0.2) is 0 Å². The van der Waals surface area contributed by atoms with Crippen LogP contribution in [0.4, 0.5) is 34.1 Å². The molecule has 0 saturated heterocycles. The normalized spacial score (nSPS) is 12.8. The predicted molar refractivity (Wildman–Crippen MR) is 235 cm³/mol. The summed E-state index contributed by atoms with van der Waals surface area (Å²) in [6.45, 7) is 9.00. The van der Waals surface area contributed by atoms with E-state index in [1.54, 1.807) is 11.3 Å². The molecule has 0 radical (unpaired) electrons. The van der Waals surface area contributed by atoms with Crippen molar-refractivity contribution in [2.75, 3.05) is 9.80 Å². The van der Waals surface area contributed by atoms with Crippen LogP contribution in [0.5, 0.6) is 0 Å². The summed E-state index contributed by atoms with van der Waals surface area (Å²) in [4.78, 5) is 4.74. The predicted octanol–water partition coefficient (Wildman–Crippen LogP) is 15.4. The van der Waals surface area contributed by atoms with E-state index in [1.165, 1.54) is 37.5 Å². The molecule has 55 heavy (non-hydrogen) atoms. The van der Waals surface area contributed by atoms with Crippen LogP contribution in [0.2, 0.25) is 5.02 Å². The standard InChI is InChI=1S/C49H36ClN3OS/c1-29-25-40(51-36-17-8-9-18-37(36)53-35-16-7-5-13-31(35)32-15-11-20-39(51)48(32)53)47(50)41(26-29)52(42-28-55-45-24-23-30(27-34(42)45)49(2,3)4)38-19-12-22-44-46(38)33-14-6-10-21-43(33)54-44/h5-28H,1-4H3. The summed E-state index contributed by atoms with van der Waals surface area (Å²) in [5, 5.41) is 8.72. The number of nitrogens with zero attached hydrogens (tertiary/aromatic N) is 3. The fourth-order valence-corrected chi connectivity index (χ4v) is 9.89. The van der Waals surface area contributed by atoms with Crippen LogP contribution in [0.15, 0.2) is 149 Å². The monoisotopic (exact) mass is 749 g/mol. The number of halogens is 1. The first kappa shape index (κ1) is 32.4. The number of para-hydroxylation sites is 5. The minimum Gasteiger partial charge on any atom is -0.456 e. The topological polar surface area (TPSA) is 24.6 Å². The molecular weight excluding hydrogens is 714 g/mol. The molecule has 0 fully saturated rings. The van der Waals surface area contributed by atoms with Crippen molar-refractivity contribution in [1.82, 2.24) is 4.57 Å². The first-order valence-electron chi connectivity index (χ1n) is 18.7. The van der Waals surface area contributed by atoms with Crippen molar-refractivity contribution in [3.05, 3.63) is 161 Å². The van der Waals surface area contributed by atoms with Crippen molar-refractivity contribution >= 4 is 111 Å². The maximum Gasteiger partial charge on any atom is 0.137 e. The summed E-state index contributed by atoms with van der Waals surface area (Å²) in [6.07, 6.45) is 0. The smallest absolute Gasteiger partial charge is 0.137 e. The Morgan fingerprint density at radius 2 is 1.31 bits per heavy atom. The van der Waals surface area contributed by atoms with Gasteiger partial charge in [0.25, 0.3) is 0 Å². The number of aromatic nitrogens is 1. The van der Waals surface area contributed by atoms with E-state index in [4.69, 9.17) is 16.0 Å². The molecule has 0 N–H and O–H groups in total. The van der Waals surface area contributed by atoms with Gasteiger partial charge in [0, 0.05) is 31.6 Å². The molecule has 0 unspecified atom stereocenters. The van der Waals surface area contributed by atoms with Gasteiger partial charge in [0.2, 0.25) is 0 Å². The summed E-state index contributed by atoms with van der Waals surface area (Å²) < 4.78 is 10.1. The van der Waals surface area contributed by atoms with Gasteiger partial charge in [-0.1, -0.05) is 105 Å². The van der Waals surface area contributed by atoms with Gasteiger partial charge < -0.3 is 18.8 Å². The molecule has 0 atom stereocenters. The van der Waals surface area contributed by atoms with E-state index in [1.807, 2.05) is 12.1 Å². The van der Waals surface area contributed by atoms with Gasteiger partial charge >= 0.3 is 0 Å². The van der Waals surface area contributed by atoms with Gasteiger partial charge in [-0.2, -0.15) is 0 Å². The summed E-state index contributed by atoms with van der Waals surface area (Å²) >= 11 is 9.74. The van der Waals surface area contributed by atoms with E-state index in [9.17, 15) is 0 Å². The summed E-state index contributed by atoms with van der Waals surface area (Å²) in [6, 6.07) is 50.0. The molecule has 1 aliphatic rings. The maximum atomic E-state index is 7.97. The molecule has 0 amide bonds. The fraction of sp³-hybridized carbons (Fsp3) is 0.102. The maximum absolute atomic E-state index is 7.97. The summed E-state index contributed by atoms with van der Waals surface area (Å²) in [5.74, 6) is 0. The van der Waals surface area contributed by atoms with Crippen molar-refractivity contribution in [3.8, 4) is 5.69 Å². The second-order valence-electron chi connectivity index (χ2n) is 15.6. The number of aryl methyl sites for hydroxylation is 1. The van der Waals surface area contributed by atoms with Crippen LogP contribution in [0.25, 0.3) is 59.5 Å². The molecule has 4 heterocycles. The second-order valence-corrected chi connectivity index (χ2v) is 16.9. The molecule has 7 aromatic carbocycles. The molecule has 0 aliphatic carbocycles. The minimum atomic E-state index is -0.0156. The third-order valence-corrected chi connectivity index (χ3v) is 12.6. The molecule has 10 aromatic rings. The highest BCUT2D eigenvalue weighted by Crippen LogP contribution is 2.55. The zero-order valence-corrected chi connectivity index (χ0v) is 32.5. The lowest BCUT2D eigenvalue weighted by Gasteiger charge is -2.35. The zero-order valence-electron chi connectivity index (χ0n) is 30.9. The second kappa shape index (κ2) is 11.7. The number of hydrogen-bond donors (Lipinski definition) is 0. The lowest BCUT2D eigenvalue weighted by atomic mass is 9.86. The van der Waals surface area contributed by atoms with Gasteiger partial charge in [0.15, 0.2) is 0 Å². The number of thiophene rings is 1. The SMILES string of the molecule is Cc1cc(N(c2csc3ccc(C(C)(C)C)cc23)c2cccc3oc4ccccc4c23)c(Cl)c(N2c3ccccc3-n3c4ccccc4c4cccc2c43)c1. The number of furan rings is 1. The largest absolute Gasteiger partial charge is 0.456 e. The summed E-state index contributed by atoms with van der Waals surface area (Å²) in [5.41, 5.74) is 13.7. The van der Waals surface area contributed by atoms with Crippen molar-refractivity contribution in [2.45, 2.75) is 33.1 Å². The molecule has 3 aromatic heterocycles. The molecule has 6 heteroatoms. The Morgan fingerprint density at radius 3 is 2.16 bits per heavy atom. The molecule has 11 rings (SSSR count). The molecule has 4 nitrogen and oxygen atoms in total. The van der Waals surface area contributed by atoms with Crippen molar-refractivity contribution in [1.29, 1.82) is 0 Å². The lowest BCUT2D eigenvalue weighted by molar-refractivity contribution is 0.591. The van der Waals surface area contributed by atoms with Crippen LogP contribution in [0.1, 0.15) is 31.9 Å². The zero-order chi connectivity index (χ0) is 37.2. The van der Waals surface area contributed by atoms with Crippen LogP contribution in [-0.4, -0.2) is 4.57 Å². The Hall–Kier alpha value is -6.01. The number of fused-ring (bicyclic) bond motifs is 9. The number of benzene rings is 7. The van der Waals surface area contributed by atoms with Crippen molar-refractivity contribution in [2.24, 2.45) is 0 Å². The Morgan fingerprint density at radius 1 is 0.600 bits per heavy atom.